The maximum absolute atomic E-state index is 13.1. The monoisotopic (exact) mass is 237 g/mol. The first kappa shape index (κ1) is 12.5. The van der Waals surface area contributed by atoms with Crippen LogP contribution in [0.25, 0.3) is 0 Å². The lowest BCUT2D eigenvalue weighted by Gasteiger charge is -2.30. The second-order valence-corrected chi connectivity index (χ2v) is 5.94. The van der Waals surface area contributed by atoms with Gasteiger partial charge in [0, 0.05) is 12.1 Å². The number of rotatable bonds is 2. The standard InChI is InChI=1S/C14H20FNO/c1-13(2,3)16-9-14(17)7-6-10-8-11(15)4-5-12(10)14/h4-5,8,16-17H,6-7,9H2,1-3H3. The van der Waals surface area contributed by atoms with Gasteiger partial charge in [0.15, 0.2) is 0 Å². The molecule has 1 atom stereocenters. The molecule has 0 bridgehead atoms. The number of halogens is 1. The van der Waals surface area contributed by atoms with Gasteiger partial charge >= 0.3 is 0 Å². The molecule has 0 spiro atoms. The summed E-state index contributed by atoms with van der Waals surface area (Å²) in [4.78, 5) is 0. The molecular weight excluding hydrogens is 217 g/mol. The van der Waals surface area contributed by atoms with Gasteiger partial charge in [-0.25, -0.2) is 4.39 Å². The quantitative estimate of drug-likeness (QED) is 0.827. The zero-order valence-corrected chi connectivity index (χ0v) is 10.7. The van der Waals surface area contributed by atoms with E-state index in [1.807, 2.05) is 0 Å². The fourth-order valence-corrected chi connectivity index (χ4v) is 2.29. The minimum atomic E-state index is -0.851. The molecule has 1 unspecified atom stereocenters. The lowest BCUT2D eigenvalue weighted by molar-refractivity contribution is 0.0325. The maximum Gasteiger partial charge on any atom is 0.123 e. The van der Waals surface area contributed by atoms with Crippen LogP contribution in [0.4, 0.5) is 4.39 Å². The van der Waals surface area contributed by atoms with E-state index in [9.17, 15) is 9.50 Å². The second-order valence-electron chi connectivity index (χ2n) is 5.94. The summed E-state index contributed by atoms with van der Waals surface area (Å²) in [6, 6.07) is 4.67. The van der Waals surface area contributed by atoms with E-state index in [1.54, 1.807) is 6.07 Å². The first-order valence-corrected chi connectivity index (χ1v) is 6.06. The average Bonchev–Trinajstić information content (AvgIpc) is 2.53. The third-order valence-electron chi connectivity index (χ3n) is 3.29. The summed E-state index contributed by atoms with van der Waals surface area (Å²) in [5.41, 5.74) is 0.924. The number of benzene rings is 1. The molecule has 1 aromatic carbocycles. The Kier molecular flexibility index (Phi) is 3.00. The fraction of sp³-hybridized carbons (Fsp3) is 0.571. The van der Waals surface area contributed by atoms with E-state index in [1.165, 1.54) is 12.1 Å². The molecule has 1 aromatic rings. The Balaban J connectivity index is 2.20. The Labute approximate surface area is 102 Å². The highest BCUT2D eigenvalue weighted by molar-refractivity contribution is 5.38. The summed E-state index contributed by atoms with van der Waals surface area (Å²) in [6.07, 6.45) is 1.41. The van der Waals surface area contributed by atoms with Crippen LogP contribution in [0.5, 0.6) is 0 Å². The van der Waals surface area contributed by atoms with Crippen LogP contribution in [0.3, 0.4) is 0 Å². The number of β-amino-alcohol motifs (C(OH)–C–C–N with tert-alkyl or cyclic N) is 1. The molecule has 2 N–H and O–H groups in total. The summed E-state index contributed by atoms with van der Waals surface area (Å²) in [7, 11) is 0. The first-order chi connectivity index (χ1) is 7.80. The van der Waals surface area contributed by atoms with Gasteiger partial charge < -0.3 is 10.4 Å². The van der Waals surface area contributed by atoms with E-state index in [0.717, 1.165) is 17.5 Å². The van der Waals surface area contributed by atoms with Crippen LogP contribution in [-0.4, -0.2) is 17.2 Å². The van der Waals surface area contributed by atoms with E-state index in [4.69, 9.17) is 0 Å². The lowest BCUT2D eigenvalue weighted by Crippen LogP contribution is -2.45. The van der Waals surface area contributed by atoms with Crippen molar-refractivity contribution in [1.29, 1.82) is 0 Å². The van der Waals surface area contributed by atoms with E-state index < -0.39 is 5.60 Å². The fourth-order valence-electron chi connectivity index (χ4n) is 2.29. The van der Waals surface area contributed by atoms with Gasteiger partial charge in [-0.05, 0) is 56.9 Å². The molecule has 2 nitrogen and oxygen atoms in total. The summed E-state index contributed by atoms with van der Waals surface area (Å²) < 4.78 is 13.1. The van der Waals surface area contributed by atoms with Crippen LogP contribution >= 0.6 is 0 Å². The predicted molar refractivity (Wildman–Crippen MR) is 66.4 cm³/mol. The zero-order valence-electron chi connectivity index (χ0n) is 10.7. The molecule has 0 aliphatic heterocycles. The van der Waals surface area contributed by atoms with Gasteiger partial charge in [-0.1, -0.05) is 6.07 Å². The number of aryl methyl sites for hydroxylation is 1. The van der Waals surface area contributed by atoms with Crippen molar-refractivity contribution >= 4 is 0 Å². The van der Waals surface area contributed by atoms with Crippen molar-refractivity contribution in [1.82, 2.24) is 5.32 Å². The minimum Gasteiger partial charge on any atom is -0.384 e. The van der Waals surface area contributed by atoms with Crippen LogP contribution in [0.1, 0.15) is 38.3 Å². The summed E-state index contributed by atoms with van der Waals surface area (Å²) >= 11 is 0. The maximum atomic E-state index is 13.1. The Morgan fingerprint density at radius 2 is 2.12 bits per heavy atom. The van der Waals surface area contributed by atoms with Crippen molar-refractivity contribution in [2.75, 3.05) is 6.54 Å². The molecule has 0 aromatic heterocycles. The van der Waals surface area contributed by atoms with Crippen molar-refractivity contribution in [3.05, 3.63) is 35.1 Å². The van der Waals surface area contributed by atoms with Crippen molar-refractivity contribution in [3.63, 3.8) is 0 Å². The van der Waals surface area contributed by atoms with Crippen LogP contribution in [0.15, 0.2) is 18.2 Å². The normalized spacial score (nSPS) is 23.8. The topological polar surface area (TPSA) is 32.3 Å². The molecule has 94 valence electrons. The second kappa shape index (κ2) is 4.07. The van der Waals surface area contributed by atoms with Gasteiger partial charge in [0.25, 0.3) is 0 Å². The largest absolute Gasteiger partial charge is 0.384 e. The van der Waals surface area contributed by atoms with Gasteiger partial charge in [0.1, 0.15) is 11.4 Å². The predicted octanol–water partition coefficient (Wildman–Crippen LogP) is 2.35. The van der Waals surface area contributed by atoms with Crippen LogP contribution < -0.4 is 5.32 Å². The first-order valence-electron chi connectivity index (χ1n) is 6.06. The van der Waals surface area contributed by atoms with Crippen LogP contribution in [-0.2, 0) is 12.0 Å². The highest BCUT2D eigenvalue weighted by atomic mass is 19.1. The molecule has 0 amide bonds. The van der Waals surface area contributed by atoms with Crippen LogP contribution in [0.2, 0.25) is 0 Å². The van der Waals surface area contributed by atoms with Crippen molar-refractivity contribution < 1.29 is 9.50 Å². The van der Waals surface area contributed by atoms with Crippen molar-refractivity contribution in [2.45, 2.75) is 44.8 Å². The Hall–Kier alpha value is -0.930. The number of hydrogen-bond donors (Lipinski definition) is 2. The third kappa shape index (κ3) is 2.67. The number of aliphatic hydroxyl groups is 1. The van der Waals surface area contributed by atoms with Gasteiger partial charge in [-0.3, -0.25) is 0 Å². The molecule has 1 aliphatic rings. The smallest absolute Gasteiger partial charge is 0.123 e. The molecular formula is C14H20FNO. The Bertz CT molecular complexity index is 425. The molecule has 0 saturated heterocycles. The SMILES string of the molecule is CC(C)(C)NCC1(O)CCc2cc(F)ccc21. The van der Waals surface area contributed by atoms with E-state index in [0.29, 0.717) is 13.0 Å². The Morgan fingerprint density at radius 3 is 2.76 bits per heavy atom. The minimum absolute atomic E-state index is 0.0293. The zero-order chi connectivity index (χ0) is 12.7. The molecule has 0 fully saturated rings. The summed E-state index contributed by atoms with van der Waals surface area (Å²) in [6.45, 7) is 6.71. The Morgan fingerprint density at radius 1 is 1.41 bits per heavy atom. The molecule has 17 heavy (non-hydrogen) atoms. The van der Waals surface area contributed by atoms with Gasteiger partial charge in [-0.2, -0.15) is 0 Å². The van der Waals surface area contributed by atoms with Crippen LogP contribution in [0, 0.1) is 5.82 Å². The molecule has 0 saturated carbocycles. The van der Waals surface area contributed by atoms with Gasteiger partial charge in [-0.15, -0.1) is 0 Å². The van der Waals surface area contributed by atoms with Gasteiger partial charge in [0.2, 0.25) is 0 Å². The molecule has 3 heteroatoms. The van der Waals surface area contributed by atoms with Gasteiger partial charge in [0.05, 0.1) is 0 Å². The number of fused-ring (bicyclic) bond motifs is 1. The van der Waals surface area contributed by atoms with Crippen molar-refractivity contribution in [3.8, 4) is 0 Å². The average molecular weight is 237 g/mol. The highest BCUT2D eigenvalue weighted by Gasteiger charge is 2.37. The molecule has 0 radical (unpaired) electrons. The molecule has 0 heterocycles. The number of nitrogens with one attached hydrogen (secondary N) is 1. The summed E-state index contributed by atoms with van der Waals surface area (Å²) in [5, 5.41) is 13.9. The number of hydrogen-bond acceptors (Lipinski definition) is 2. The van der Waals surface area contributed by atoms with E-state index in [-0.39, 0.29) is 11.4 Å². The summed E-state index contributed by atoms with van der Waals surface area (Å²) in [5.74, 6) is -0.225. The molecule has 2 rings (SSSR count). The molecule has 1 aliphatic carbocycles. The van der Waals surface area contributed by atoms with Crippen molar-refractivity contribution in [2.24, 2.45) is 0 Å². The third-order valence-corrected chi connectivity index (χ3v) is 3.29. The van der Waals surface area contributed by atoms with E-state index >= 15 is 0 Å². The highest BCUT2D eigenvalue weighted by Crippen LogP contribution is 2.36. The van der Waals surface area contributed by atoms with E-state index in [2.05, 4.69) is 26.1 Å². The lowest BCUT2D eigenvalue weighted by atomic mass is 9.94.